The zero-order chi connectivity index (χ0) is 43.1. The molecule has 4 amide bonds. The molecule has 2 heterocycles. The molecule has 0 radical (unpaired) electrons. The zero-order valence-corrected chi connectivity index (χ0v) is 39.1. The summed E-state index contributed by atoms with van der Waals surface area (Å²) in [6.07, 6.45) is 8.22. The molecule has 0 bridgehead atoms. The summed E-state index contributed by atoms with van der Waals surface area (Å²) >= 11 is 0. The molecule has 316 valence electrons. The van der Waals surface area contributed by atoms with E-state index in [-0.39, 0.29) is 56.6 Å². The lowest BCUT2D eigenvalue weighted by atomic mass is 9.54. The fraction of sp³-hybridized carbons (Fsp3) is 0.725. The van der Waals surface area contributed by atoms with Crippen LogP contribution in [0.3, 0.4) is 0 Å². The van der Waals surface area contributed by atoms with Crippen LogP contribution in [0.5, 0.6) is 0 Å². The van der Waals surface area contributed by atoms with Crippen LogP contribution in [-0.4, -0.2) is 46.5 Å². The molecule has 6 heteroatoms. The van der Waals surface area contributed by atoms with E-state index in [9.17, 15) is 19.2 Å². The first-order valence-electron chi connectivity index (χ1n) is 22.3. The van der Waals surface area contributed by atoms with Gasteiger partial charge in [0.15, 0.2) is 0 Å². The molecule has 1 saturated carbocycles. The van der Waals surface area contributed by atoms with Gasteiger partial charge >= 0.3 is 0 Å². The Bertz CT molecular complexity index is 1850. The molecule has 2 aliphatic heterocycles. The lowest BCUT2D eigenvalue weighted by molar-refractivity contribution is -0.00943. The molecular weight excluding hydrogens is 705 g/mol. The van der Waals surface area contributed by atoms with Gasteiger partial charge < -0.3 is 0 Å². The third kappa shape index (κ3) is 8.15. The van der Waals surface area contributed by atoms with Crippen LogP contribution in [0.2, 0.25) is 0 Å². The molecule has 0 aromatic heterocycles. The van der Waals surface area contributed by atoms with Crippen LogP contribution < -0.4 is 0 Å². The molecule has 57 heavy (non-hydrogen) atoms. The van der Waals surface area contributed by atoms with Crippen LogP contribution in [0, 0.1) is 55.7 Å². The van der Waals surface area contributed by atoms with Crippen molar-refractivity contribution in [3.05, 3.63) is 46.5 Å². The maximum absolute atomic E-state index is 14.1. The topological polar surface area (TPSA) is 74.8 Å². The van der Waals surface area contributed by atoms with E-state index in [1.54, 1.807) is 24.3 Å². The monoisotopic (exact) mass is 783 g/mol. The summed E-state index contributed by atoms with van der Waals surface area (Å²) in [4.78, 5) is 59.1. The van der Waals surface area contributed by atoms with E-state index in [0.29, 0.717) is 75.2 Å². The fourth-order valence-electron chi connectivity index (χ4n) is 10.7. The predicted octanol–water partition coefficient (Wildman–Crippen LogP) is 13.3. The van der Waals surface area contributed by atoms with E-state index >= 15 is 0 Å². The Kier molecular flexibility index (Phi) is 11.8. The number of nitrogens with zero attached hydrogens (tertiary/aromatic N) is 2. The van der Waals surface area contributed by atoms with E-state index < -0.39 is 0 Å². The summed E-state index contributed by atoms with van der Waals surface area (Å²) in [5, 5.41) is 0.901. The average Bonchev–Trinajstić information content (AvgIpc) is 3.65. The molecular formula is C51H78N2O4. The van der Waals surface area contributed by atoms with Crippen molar-refractivity contribution in [1.82, 2.24) is 9.80 Å². The molecule has 1 fully saturated rings. The van der Waals surface area contributed by atoms with Gasteiger partial charge in [-0.2, -0.15) is 0 Å². The van der Waals surface area contributed by atoms with E-state index in [0.717, 1.165) is 32.1 Å². The van der Waals surface area contributed by atoms with Crippen LogP contribution in [-0.2, 0) is 0 Å². The van der Waals surface area contributed by atoms with E-state index in [2.05, 4.69) is 118 Å². The first kappa shape index (κ1) is 45.1. The molecule has 3 aliphatic rings. The largest absolute Gasteiger partial charge is 0.274 e. The molecule has 5 unspecified atom stereocenters. The normalized spacial score (nSPS) is 23.4. The van der Waals surface area contributed by atoms with Crippen molar-refractivity contribution in [3.63, 3.8) is 0 Å². The Morgan fingerprint density at radius 3 is 1.37 bits per heavy atom. The van der Waals surface area contributed by atoms with Gasteiger partial charge in [0.2, 0.25) is 0 Å². The van der Waals surface area contributed by atoms with Gasteiger partial charge in [-0.1, -0.05) is 118 Å². The van der Waals surface area contributed by atoms with Crippen LogP contribution >= 0.6 is 0 Å². The molecule has 2 aromatic rings. The summed E-state index contributed by atoms with van der Waals surface area (Å²) < 4.78 is 0. The summed E-state index contributed by atoms with van der Waals surface area (Å²) in [5.74, 6) is -0.0890. The highest BCUT2D eigenvalue weighted by Crippen LogP contribution is 2.72. The van der Waals surface area contributed by atoms with Gasteiger partial charge in [-0.3, -0.25) is 29.0 Å². The Hall–Kier alpha value is -3.02. The lowest BCUT2D eigenvalue weighted by Crippen LogP contribution is -2.44. The molecule has 5 rings (SSSR count). The number of hydrogen-bond acceptors (Lipinski definition) is 4. The third-order valence-corrected chi connectivity index (χ3v) is 16.9. The molecule has 0 spiro atoms. The van der Waals surface area contributed by atoms with Crippen molar-refractivity contribution in [2.24, 2.45) is 55.7 Å². The van der Waals surface area contributed by atoms with Gasteiger partial charge in [0.25, 0.3) is 23.6 Å². The van der Waals surface area contributed by atoms with Crippen molar-refractivity contribution < 1.29 is 19.2 Å². The van der Waals surface area contributed by atoms with Crippen LogP contribution in [0.25, 0.3) is 10.8 Å². The Morgan fingerprint density at radius 1 is 0.596 bits per heavy atom. The minimum atomic E-state index is -0.347. The lowest BCUT2D eigenvalue weighted by Gasteiger charge is -2.51. The van der Waals surface area contributed by atoms with Crippen LogP contribution in [0.4, 0.5) is 0 Å². The number of carbonyl (C=O) groups is 4. The highest BCUT2D eigenvalue weighted by atomic mass is 16.2. The molecule has 2 aromatic carbocycles. The number of carbonyl (C=O) groups excluding carboxylic acids is 4. The highest BCUT2D eigenvalue weighted by molar-refractivity contribution is 6.33. The molecule has 6 nitrogen and oxygen atoms in total. The number of rotatable bonds is 16. The van der Waals surface area contributed by atoms with Gasteiger partial charge in [0.05, 0.1) is 0 Å². The SMILES string of the molecule is CCC1(CC(C)CCN2C(=O)c3ccc4c5c(ccc(c35)C2=O)C(=O)N(CCC(C)CC(C)(C)C(C)(C)CC(C)(C)C(C)(C)C)C4=O)CC1(C)CC(C)C(C)(C)C. The van der Waals surface area contributed by atoms with Crippen molar-refractivity contribution in [1.29, 1.82) is 0 Å². The summed E-state index contributed by atoms with van der Waals surface area (Å²) in [6.45, 7) is 40.6. The minimum absolute atomic E-state index is 0.0373. The van der Waals surface area contributed by atoms with Crippen LogP contribution in [0.1, 0.15) is 211 Å². The minimum Gasteiger partial charge on any atom is -0.274 e. The third-order valence-electron chi connectivity index (χ3n) is 16.9. The first-order chi connectivity index (χ1) is 25.9. The number of imide groups is 2. The van der Waals surface area contributed by atoms with Gasteiger partial charge in [-0.15, -0.1) is 0 Å². The summed E-state index contributed by atoms with van der Waals surface area (Å²) in [7, 11) is 0. The average molecular weight is 783 g/mol. The van der Waals surface area contributed by atoms with Crippen LogP contribution in [0.15, 0.2) is 24.3 Å². The summed E-state index contributed by atoms with van der Waals surface area (Å²) in [6, 6.07) is 6.80. The van der Waals surface area contributed by atoms with E-state index in [1.165, 1.54) is 22.6 Å². The number of hydrogen-bond donors (Lipinski definition) is 0. The Labute approximate surface area is 346 Å². The second kappa shape index (κ2) is 14.9. The number of amides is 4. The van der Waals surface area contributed by atoms with E-state index in [4.69, 9.17) is 0 Å². The van der Waals surface area contributed by atoms with Gasteiger partial charge in [0.1, 0.15) is 0 Å². The highest BCUT2D eigenvalue weighted by Gasteiger charge is 2.62. The smallest absolute Gasteiger partial charge is 0.261 e. The zero-order valence-electron chi connectivity index (χ0n) is 39.1. The first-order valence-corrected chi connectivity index (χ1v) is 22.3. The van der Waals surface area contributed by atoms with Crippen molar-refractivity contribution in [3.8, 4) is 0 Å². The number of benzene rings is 2. The van der Waals surface area contributed by atoms with Crippen molar-refractivity contribution in [2.75, 3.05) is 13.1 Å². The maximum atomic E-state index is 14.1. The standard InChI is InChI=1S/C51H78N2O4/c1-18-51(31-50(51,17)29-34(4)45(5,6)7)28-33(3)24-26-53-43(56)37-21-19-35-39-36(20-22-38(40(37)39)44(53)57)42(55)52(41(35)54)25-23-32(2)27-47(11,12)49(15,16)30-48(13,14)46(8,9)10/h19-22,32-34H,18,23-31H2,1-17H3. The second-order valence-corrected chi connectivity index (χ2v) is 23.7. The second-order valence-electron chi connectivity index (χ2n) is 23.7. The molecule has 0 saturated heterocycles. The molecule has 1 aliphatic carbocycles. The summed E-state index contributed by atoms with van der Waals surface area (Å²) in [5.41, 5.74) is 2.96. The van der Waals surface area contributed by atoms with Gasteiger partial charge in [-0.05, 0) is 131 Å². The van der Waals surface area contributed by atoms with Gasteiger partial charge in [0, 0.05) is 46.1 Å². The molecule has 5 atom stereocenters. The van der Waals surface area contributed by atoms with Crippen molar-refractivity contribution in [2.45, 2.75) is 169 Å². The molecule has 0 N–H and O–H groups in total. The fourth-order valence-corrected chi connectivity index (χ4v) is 10.7. The maximum Gasteiger partial charge on any atom is 0.261 e. The van der Waals surface area contributed by atoms with E-state index in [1.807, 2.05) is 0 Å². The Morgan fingerprint density at radius 2 is 1.00 bits per heavy atom. The van der Waals surface area contributed by atoms with Gasteiger partial charge in [-0.25, -0.2) is 0 Å². The quantitative estimate of drug-likeness (QED) is 0.159. The predicted molar refractivity (Wildman–Crippen MR) is 236 cm³/mol. The van der Waals surface area contributed by atoms with Crippen molar-refractivity contribution >= 4 is 34.4 Å². The Balaban J connectivity index is 1.27.